The van der Waals surface area contributed by atoms with Gasteiger partial charge in [0.2, 0.25) is 5.91 Å². The van der Waals surface area contributed by atoms with Gasteiger partial charge in [0.1, 0.15) is 5.82 Å². The van der Waals surface area contributed by atoms with E-state index in [9.17, 15) is 4.79 Å². The molecule has 0 saturated carbocycles. The molecule has 0 aliphatic carbocycles. The summed E-state index contributed by atoms with van der Waals surface area (Å²) in [6.07, 6.45) is 0.767. The Morgan fingerprint density at radius 1 is 1.00 bits per heavy atom. The number of carbonyl (C=O) groups excluding carboxylic acids is 1. The fraction of sp³-hybridized carbons (Fsp3) is 0.333. The molecule has 158 valence electrons. The average molecular weight is 487 g/mol. The molecule has 0 spiro atoms. The standard InChI is InChI=1S/C21H19Cl4N3O2/c22-14-2-1-3-15(23)13(14)10-20-26-18-11-16(24)17(25)12-19(18)28(20)5-4-21(29)27-6-8-30-9-7-27/h1-3,11-12H,4-10H2. The lowest BCUT2D eigenvalue weighted by Crippen LogP contribution is -2.41. The Bertz CT molecular complexity index is 1070. The molecule has 0 N–H and O–H groups in total. The maximum absolute atomic E-state index is 12.7. The molecule has 1 fully saturated rings. The van der Waals surface area contributed by atoms with Gasteiger partial charge in [-0.05, 0) is 29.8 Å². The zero-order valence-corrected chi connectivity index (χ0v) is 19.0. The lowest BCUT2D eigenvalue weighted by molar-refractivity contribution is -0.135. The molecule has 1 aromatic heterocycles. The van der Waals surface area contributed by atoms with Gasteiger partial charge in [0.05, 0.1) is 34.3 Å². The predicted molar refractivity (Wildman–Crippen MR) is 121 cm³/mol. The monoisotopic (exact) mass is 485 g/mol. The summed E-state index contributed by atoms with van der Waals surface area (Å²) >= 11 is 25.2. The maximum atomic E-state index is 12.7. The zero-order valence-electron chi connectivity index (χ0n) is 16.0. The van der Waals surface area contributed by atoms with E-state index in [4.69, 9.17) is 56.1 Å². The highest BCUT2D eigenvalue weighted by molar-refractivity contribution is 6.42. The van der Waals surface area contributed by atoms with Crippen molar-refractivity contribution in [1.29, 1.82) is 0 Å². The lowest BCUT2D eigenvalue weighted by Gasteiger charge is -2.27. The van der Waals surface area contributed by atoms with Crippen LogP contribution in [0.5, 0.6) is 0 Å². The summed E-state index contributed by atoms with van der Waals surface area (Å²) < 4.78 is 7.32. The van der Waals surface area contributed by atoms with Gasteiger partial charge in [-0.1, -0.05) is 52.5 Å². The molecule has 4 rings (SSSR count). The Labute approximate surface area is 194 Å². The van der Waals surface area contributed by atoms with Crippen molar-refractivity contribution >= 4 is 63.3 Å². The molecule has 1 amide bonds. The van der Waals surface area contributed by atoms with Crippen LogP contribution in [0.2, 0.25) is 20.1 Å². The van der Waals surface area contributed by atoms with Gasteiger partial charge >= 0.3 is 0 Å². The molecule has 0 unspecified atom stereocenters. The van der Waals surface area contributed by atoms with Gasteiger partial charge in [-0.25, -0.2) is 4.98 Å². The van der Waals surface area contributed by atoms with Crippen LogP contribution in [0.1, 0.15) is 17.8 Å². The molecule has 0 bridgehead atoms. The SMILES string of the molecule is O=C(CCn1c(Cc2c(Cl)cccc2Cl)nc2cc(Cl)c(Cl)cc21)N1CCOCC1. The Balaban J connectivity index is 1.67. The molecule has 2 heterocycles. The van der Waals surface area contributed by atoms with E-state index in [-0.39, 0.29) is 5.91 Å². The van der Waals surface area contributed by atoms with Crippen LogP contribution in [0.15, 0.2) is 30.3 Å². The summed E-state index contributed by atoms with van der Waals surface area (Å²) in [5, 5.41) is 2.01. The van der Waals surface area contributed by atoms with E-state index >= 15 is 0 Å². The number of hydrogen-bond donors (Lipinski definition) is 0. The van der Waals surface area contributed by atoms with E-state index in [0.29, 0.717) is 71.3 Å². The first-order valence-electron chi connectivity index (χ1n) is 9.56. The summed E-state index contributed by atoms with van der Waals surface area (Å²) in [5.41, 5.74) is 2.31. The highest BCUT2D eigenvalue weighted by atomic mass is 35.5. The summed E-state index contributed by atoms with van der Waals surface area (Å²) in [6.45, 7) is 2.84. The molecular weight excluding hydrogens is 468 g/mol. The second kappa shape index (κ2) is 9.33. The molecule has 0 atom stereocenters. The van der Waals surface area contributed by atoms with E-state index in [1.165, 1.54) is 0 Å². The minimum absolute atomic E-state index is 0.0851. The molecule has 9 heteroatoms. The molecule has 0 radical (unpaired) electrons. The van der Waals surface area contributed by atoms with Gasteiger partial charge in [-0.3, -0.25) is 4.79 Å². The van der Waals surface area contributed by atoms with E-state index < -0.39 is 0 Å². The van der Waals surface area contributed by atoms with E-state index in [2.05, 4.69) is 0 Å². The first-order chi connectivity index (χ1) is 14.4. The summed E-state index contributed by atoms with van der Waals surface area (Å²) in [7, 11) is 0. The van der Waals surface area contributed by atoms with Crippen molar-refractivity contribution in [2.24, 2.45) is 0 Å². The fourth-order valence-electron chi connectivity index (χ4n) is 3.59. The van der Waals surface area contributed by atoms with E-state index in [1.807, 2.05) is 9.47 Å². The Kier molecular flexibility index (Phi) is 6.75. The van der Waals surface area contributed by atoms with Gasteiger partial charge in [-0.15, -0.1) is 0 Å². The smallest absolute Gasteiger partial charge is 0.224 e. The number of carbonyl (C=O) groups is 1. The minimum atomic E-state index is 0.0851. The van der Waals surface area contributed by atoms with Crippen molar-refractivity contribution in [2.75, 3.05) is 26.3 Å². The van der Waals surface area contributed by atoms with Gasteiger partial charge in [0.15, 0.2) is 0 Å². The molecule has 30 heavy (non-hydrogen) atoms. The van der Waals surface area contributed by atoms with Crippen LogP contribution in [0, 0.1) is 0 Å². The summed E-state index contributed by atoms with van der Waals surface area (Å²) in [6, 6.07) is 8.91. The quantitative estimate of drug-likeness (QED) is 0.479. The fourth-order valence-corrected chi connectivity index (χ4v) is 4.44. The lowest BCUT2D eigenvalue weighted by atomic mass is 10.1. The van der Waals surface area contributed by atoms with Crippen LogP contribution in [-0.4, -0.2) is 46.7 Å². The van der Waals surface area contributed by atoms with Crippen molar-refractivity contribution in [2.45, 2.75) is 19.4 Å². The molecule has 2 aromatic carbocycles. The minimum Gasteiger partial charge on any atom is -0.378 e. The van der Waals surface area contributed by atoms with Gasteiger partial charge < -0.3 is 14.2 Å². The van der Waals surface area contributed by atoms with Crippen LogP contribution < -0.4 is 0 Å². The van der Waals surface area contributed by atoms with E-state index in [0.717, 1.165) is 16.9 Å². The van der Waals surface area contributed by atoms with Gasteiger partial charge in [-0.2, -0.15) is 0 Å². The number of fused-ring (bicyclic) bond motifs is 1. The number of aromatic nitrogens is 2. The largest absolute Gasteiger partial charge is 0.378 e. The van der Waals surface area contributed by atoms with Crippen molar-refractivity contribution in [3.8, 4) is 0 Å². The van der Waals surface area contributed by atoms with Crippen molar-refractivity contribution in [3.63, 3.8) is 0 Å². The van der Waals surface area contributed by atoms with Crippen LogP contribution in [0.25, 0.3) is 11.0 Å². The third kappa shape index (κ3) is 4.56. The molecule has 1 aliphatic rings. The maximum Gasteiger partial charge on any atom is 0.224 e. The highest BCUT2D eigenvalue weighted by Crippen LogP contribution is 2.31. The van der Waals surface area contributed by atoms with Crippen molar-refractivity contribution in [3.05, 3.63) is 61.8 Å². The number of halogens is 4. The Morgan fingerprint density at radius 3 is 2.37 bits per heavy atom. The van der Waals surface area contributed by atoms with Crippen LogP contribution in [-0.2, 0) is 22.5 Å². The number of aryl methyl sites for hydroxylation is 1. The number of nitrogens with zero attached hydrogens (tertiary/aromatic N) is 3. The number of benzene rings is 2. The number of hydrogen-bond acceptors (Lipinski definition) is 3. The van der Waals surface area contributed by atoms with Crippen molar-refractivity contribution < 1.29 is 9.53 Å². The predicted octanol–water partition coefficient (Wildman–Crippen LogP) is 5.49. The summed E-state index contributed by atoms with van der Waals surface area (Å²) in [4.78, 5) is 19.2. The Hall–Kier alpha value is -1.50. The third-order valence-corrected chi connectivity index (χ3v) is 6.61. The molecule has 3 aromatic rings. The number of imidazole rings is 1. The second-order valence-corrected chi connectivity index (χ2v) is 8.68. The Morgan fingerprint density at radius 2 is 1.67 bits per heavy atom. The molecular formula is C21H19Cl4N3O2. The van der Waals surface area contributed by atoms with Crippen LogP contribution >= 0.6 is 46.4 Å². The number of ether oxygens (including phenoxy) is 1. The van der Waals surface area contributed by atoms with Crippen molar-refractivity contribution in [1.82, 2.24) is 14.5 Å². The molecule has 5 nitrogen and oxygen atoms in total. The first-order valence-corrected chi connectivity index (χ1v) is 11.1. The second-order valence-electron chi connectivity index (χ2n) is 7.05. The molecule has 1 aliphatic heterocycles. The van der Waals surface area contributed by atoms with Crippen LogP contribution in [0.4, 0.5) is 0 Å². The first kappa shape index (κ1) is 21.7. The number of rotatable bonds is 5. The molecule has 1 saturated heterocycles. The van der Waals surface area contributed by atoms with E-state index in [1.54, 1.807) is 30.3 Å². The third-order valence-electron chi connectivity index (χ3n) is 5.18. The highest BCUT2D eigenvalue weighted by Gasteiger charge is 2.20. The van der Waals surface area contributed by atoms with Gasteiger partial charge in [0, 0.05) is 42.5 Å². The topological polar surface area (TPSA) is 47.4 Å². The number of amides is 1. The zero-order chi connectivity index (χ0) is 21.3. The normalized spacial score (nSPS) is 14.5. The average Bonchev–Trinajstić information content (AvgIpc) is 3.06. The number of morpholine rings is 1. The van der Waals surface area contributed by atoms with Gasteiger partial charge in [0.25, 0.3) is 0 Å². The van der Waals surface area contributed by atoms with Crippen LogP contribution in [0.3, 0.4) is 0 Å². The summed E-state index contributed by atoms with van der Waals surface area (Å²) in [5.74, 6) is 0.829.